The molecular weight excluding hydrogens is 413 g/mol. The minimum atomic E-state index is -4.47. The van der Waals surface area contributed by atoms with E-state index in [1.165, 1.54) is 17.2 Å². The number of hydrogen-bond donors (Lipinski definition) is 3. The van der Waals surface area contributed by atoms with Crippen molar-refractivity contribution in [2.24, 2.45) is 5.41 Å². The summed E-state index contributed by atoms with van der Waals surface area (Å²) in [5, 5.41) is 11.0. The second kappa shape index (κ2) is 7.81. The number of imidazole rings is 1. The van der Waals surface area contributed by atoms with Crippen LogP contribution in [0.3, 0.4) is 0 Å². The first-order valence-electron chi connectivity index (χ1n) is 9.65. The lowest BCUT2D eigenvalue weighted by Crippen LogP contribution is -2.36. The molecule has 3 rings (SSSR count). The Bertz CT molecular complexity index is 953. The molecule has 0 spiro atoms. The van der Waals surface area contributed by atoms with Crippen LogP contribution in [0.5, 0.6) is 0 Å². The van der Waals surface area contributed by atoms with Gasteiger partial charge in [0.25, 0.3) is 0 Å². The van der Waals surface area contributed by atoms with Gasteiger partial charge in [-0.05, 0) is 32.6 Å². The summed E-state index contributed by atoms with van der Waals surface area (Å²) in [6.07, 6.45) is -0.827. The standard InChI is InChI=1S/C18H30N5O6P/c1-17(2,3)7-10-13(28-30(25,26)29-18(4,5)6)12(24)16(27-10)23-9-22-11-14(19)20-8-21-15(11)23/h8-10,12-13,16,24H,7H2,1-6H3,(H,25,26)(H2,19,20,21)/t10-,12?,13+,16-/m1/s1. The first-order valence-corrected chi connectivity index (χ1v) is 11.1. The van der Waals surface area contributed by atoms with E-state index < -0.39 is 38.0 Å². The molecule has 0 bridgehead atoms. The molecule has 1 saturated heterocycles. The monoisotopic (exact) mass is 443 g/mol. The van der Waals surface area contributed by atoms with Gasteiger partial charge in [0.05, 0.1) is 18.0 Å². The molecule has 4 N–H and O–H groups in total. The van der Waals surface area contributed by atoms with Crippen molar-refractivity contribution >= 4 is 24.8 Å². The van der Waals surface area contributed by atoms with Crippen molar-refractivity contribution in [2.45, 2.75) is 78.1 Å². The van der Waals surface area contributed by atoms with Gasteiger partial charge in [0.1, 0.15) is 24.1 Å². The molecule has 0 aliphatic carbocycles. The second-order valence-corrected chi connectivity index (χ2v) is 11.0. The average Bonchev–Trinajstić information content (AvgIpc) is 3.08. The Kier molecular flexibility index (Phi) is 6.00. The van der Waals surface area contributed by atoms with Gasteiger partial charge in [-0.15, -0.1) is 0 Å². The van der Waals surface area contributed by atoms with Crippen molar-refractivity contribution in [3.05, 3.63) is 12.7 Å². The first-order chi connectivity index (χ1) is 13.7. The molecule has 2 unspecified atom stereocenters. The fourth-order valence-electron chi connectivity index (χ4n) is 3.43. The number of aliphatic hydroxyl groups is 1. The fourth-order valence-corrected chi connectivity index (χ4v) is 4.73. The summed E-state index contributed by atoms with van der Waals surface area (Å²) >= 11 is 0. The Balaban J connectivity index is 1.94. The third kappa shape index (κ3) is 5.16. The lowest BCUT2D eigenvalue weighted by Gasteiger charge is -2.29. The van der Waals surface area contributed by atoms with E-state index in [4.69, 9.17) is 19.5 Å². The van der Waals surface area contributed by atoms with Gasteiger partial charge in [0.15, 0.2) is 17.7 Å². The molecule has 5 atom stereocenters. The van der Waals surface area contributed by atoms with Gasteiger partial charge in [-0.2, -0.15) is 0 Å². The molecule has 3 heterocycles. The van der Waals surface area contributed by atoms with Crippen LogP contribution in [0.2, 0.25) is 0 Å². The van der Waals surface area contributed by atoms with E-state index in [1.54, 1.807) is 20.8 Å². The zero-order chi connectivity index (χ0) is 22.5. The number of phosphoric acid groups is 1. The van der Waals surface area contributed by atoms with Gasteiger partial charge in [-0.3, -0.25) is 13.6 Å². The molecule has 2 aromatic heterocycles. The van der Waals surface area contributed by atoms with Gasteiger partial charge in [-0.25, -0.2) is 19.5 Å². The van der Waals surface area contributed by atoms with E-state index >= 15 is 0 Å². The number of hydrogen-bond acceptors (Lipinski definition) is 9. The lowest BCUT2D eigenvalue weighted by molar-refractivity contribution is -0.0463. The molecule has 12 heteroatoms. The van der Waals surface area contributed by atoms with Crippen LogP contribution in [-0.4, -0.2) is 53.4 Å². The van der Waals surface area contributed by atoms with Crippen LogP contribution in [-0.2, 0) is 18.3 Å². The molecule has 11 nitrogen and oxygen atoms in total. The molecule has 0 aromatic carbocycles. The van der Waals surface area contributed by atoms with E-state index in [1.807, 2.05) is 20.8 Å². The van der Waals surface area contributed by atoms with Crippen LogP contribution in [0.25, 0.3) is 11.2 Å². The van der Waals surface area contributed by atoms with E-state index in [2.05, 4.69) is 15.0 Å². The van der Waals surface area contributed by atoms with E-state index in [9.17, 15) is 14.6 Å². The summed E-state index contributed by atoms with van der Waals surface area (Å²) in [5.41, 5.74) is 5.47. The van der Waals surface area contributed by atoms with Crippen molar-refractivity contribution in [3.8, 4) is 0 Å². The summed E-state index contributed by atoms with van der Waals surface area (Å²) in [7, 11) is -4.47. The number of rotatable bonds is 5. The molecule has 30 heavy (non-hydrogen) atoms. The van der Waals surface area contributed by atoms with Gasteiger partial charge < -0.3 is 20.5 Å². The van der Waals surface area contributed by atoms with Crippen LogP contribution in [0.4, 0.5) is 5.82 Å². The maximum Gasteiger partial charge on any atom is 0.473 e. The molecule has 1 fully saturated rings. The summed E-state index contributed by atoms with van der Waals surface area (Å²) < 4.78 is 30.8. The van der Waals surface area contributed by atoms with Crippen molar-refractivity contribution in [3.63, 3.8) is 0 Å². The second-order valence-electron chi connectivity index (χ2n) is 9.65. The highest BCUT2D eigenvalue weighted by molar-refractivity contribution is 7.47. The maximum atomic E-state index is 12.6. The highest BCUT2D eigenvalue weighted by Gasteiger charge is 2.50. The van der Waals surface area contributed by atoms with Gasteiger partial charge in [0.2, 0.25) is 0 Å². The number of fused-ring (bicyclic) bond motifs is 1. The molecule has 168 valence electrons. The fraction of sp³-hybridized carbons (Fsp3) is 0.722. The minimum Gasteiger partial charge on any atom is -0.386 e. The van der Waals surface area contributed by atoms with Crippen molar-refractivity contribution in [2.75, 3.05) is 5.73 Å². The number of ether oxygens (including phenoxy) is 1. The molecule has 0 amide bonds. The Morgan fingerprint density at radius 3 is 2.50 bits per heavy atom. The van der Waals surface area contributed by atoms with Gasteiger partial charge in [-0.1, -0.05) is 20.8 Å². The third-order valence-corrected chi connectivity index (χ3v) is 5.72. The molecule has 0 radical (unpaired) electrons. The zero-order valence-corrected chi connectivity index (χ0v) is 18.9. The van der Waals surface area contributed by atoms with E-state index in [0.717, 1.165) is 0 Å². The SMILES string of the molecule is CC(C)(C)C[C@H]1O[C@@H](n2cnc3c(N)ncnc32)C(O)[C@H]1OP(=O)(O)OC(C)(C)C. The zero-order valence-electron chi connectivity index (χ0n) is 18.0. The number of nitrogens with two attached hydrogens (primary N) is 1. The maximum absolute atomic E-state index is 12.6. The largest absolute Gasteiger partial charge is 0.473 e. The molecule has 1 aliphatic heterocycles. The third-order valence-electron chi connectivity index (χ3n) is 4.43. The Hall–Kier alpha value is -1.62. The highest BCUT2D eigenvalue weighted by atomic mass is 31.2. The van der Waals surface area contributed by atoms with Crippen LogP contribution in [0.15, 0.2) is 12.7 Å². The smallest absolute Gasteiger partial charge is 0.386 e. The summed E-state index contributed by atoms with van der Waals surface area (Å²) in [6, 6.07) is 0. The molecule has 0 saturated carbocycles. The predicted octanol–water partition coefficient (Wildman–Crippen LogP) is 2.40. The number of nitrogens with zero attached hydrogens (tertiary/aromatic N) is 4. The van der Waals surface area contributed by atoms with Crippen LogP contribution in [0.1, 0.15) is 54.2 Å². The Labute approximate surface area is 175 Å². The number of phosphoric ester groups is 1. The number of anilines is 1. The molecule has 2 aromatic rings. The molecular formula is C18H30N5O6P. The Morgan fingerprint density at radius 1 is 1.23 bits per heavy atom. The summed E-state index contributed by atoms with van der Waals surface area (Å²) in [4.78, 5) is 22.5. The summed E-state index contributed by atoms with van der Waals surface area (Å²) in [5.74, 6) is 0.198. The number of aliphatic hydroxyl groups excluding tert-OH is 1. The number of aromatic nitrogens is 4. The van der Waals surface area contributed by atoms with E-state index in [-0.39, 0.29) is 11.2 Å². The molecule has 1 aliphatic rings. The topological polar surface area (TPSA) is 155 Å². The lowest BCUT2D eigenvalue weighted by atomic mass is 9.87. The van der Waals surface area contributed by atoms with Gasteiger partial charge >= 0.3 is 7.82 Å². The highest BCUT2D eigenvalue weighted by Crippen LogP contribution is 2.52. The number of nitrogen functional groups attached to an aromatic ring is 1. The van der Waals surface area contributed by atoms with Gasteiger partial charge in [0, 0.05) is 0 Å². The van der Waals surface area contributed by atoms with Crippen molar-refractivity contribution < 1.29 is 28.3 Å². The quantitative estimate of drug-likeness (QED) is 0.587. The van der Waals surface area contributed by atoms with E-state index in [0.29, 0.717) is 17.6 Å². The first kappa shape index (κ1) is 23.1. The predicted molar refractivity (Wildman–Crippen MR) is 109 cm³/mol. The van der Waals surface area contributed by atoms with Crippen molar-refractivity contribution in [1.29, 1.82) is 0 Å². The van der Waals surface area contributed by atoms with Crippen LogP contribution < -0.4 is 5.73 Å². The average molecular weight is 443 g/mol. The van der Waals surface area contributed by atoms with Crippen molar-refractivity contribution in [1.82, 2.24) is 19.5 Å². The Morgan fingerprint density at radius 2 is 1.90 bits per heavy atom. The van der Waals surface area contributed by atoms with Crippen LogP contribution in [0, 0.1) is 5.41 Å². The summed E-state index contributed by atoms with van der Waals surface area (Å²) in [6.45, 7) is 10.9. The normalized spacial score (nSPS) is 27.5. The minimum absolute atomic E-state index is 0.198. The van der Waals surface area contributed by atoms with Crippen LogP contribution >= 0.6 is 7.82 Å².